The molecule has 0 atom stereocenters. The maximum Gasteiger partial charge on any atom is 0.387 e. The van der Waals surface area contributed by atoms with Gasteiger partial charge in [0.15, 0.2) is 0 Å². The van der Waals surface area contributed by atoms with Crippen molar-refractivity contribution in [3.63, 3.8) is 0 Å². The summed E-state index contributed by atoms with van der Waals surface area (Å²) >= 11 is 1.57. The maximum absolute atomic E-state index is 12.3. The zero-order valence-corrected chi connectivity index (χ0v) is 11.2. The van der Waals surface area contributed by atoms with Crippen LogP contribution in [0.3, 0.4) is 0 Å². The van der Waals surface area contributed by atoms with E-state index in [1.165, 1.54) is 0 Å². The average Bonchev–Trinajstić information content (AvgIpc) is 2.83. The van der Waals surface area contributed by atoms with Crippen molar-refractivity contribution in [3.8, 4) is 5.75 Å². The highest BCUT2D eigenvalue weighted by molar-refractivity contribution is 7.09. The van der Waals surface area contributed by atoms with Crippen LogP contribution in [0, 0.1) is 0 Å². The normalized spacial score (nSPS) is 11.2. The lowest BCUT2D eigenvalue weighted by molar-refractivity contribution is -0.0507. The molecule has 0 N–H and O–H groups in total. The Morgan fingerprint density at radius 3 is 2.79 bits per heavy atom. The number of halogens is 2. The van der Waals surface area contributed by atoms with E-state index < -0.39 is 6.61 Å². The van der Waals surface area contributed by atoms with Crippen LogP contribution < -0.4 is 4.74 Å². The Balaban J connectivity index is 2.01. The summed E-state index contributed by atoms with van der Waals surface area (Å²) in [6.07, 6.45) is 1.75. The second-order valence-corrected chi connectivity index (χ2v) is 5.06. The highest BCUT2D eigenvalue weighted by atomic mass is 32.1. The van der Waals surface area contributed by atoms with Gasteiger partial charge in [0, 0.05) is 23.7 Å². The first-order valence-corrected chi connectivity index (χ1v) is 6.63. The van der Waals surface area contributed by atoms with Gasteiger partial charge in [0.25, 0.3) is 0 Å². The molecule has 1 aromatic carbocycles. The van der Waals surface area contributed by atoms with Crippen LogP contribution in [0.5, 0.6) is 5.75 Å². The molecule has 0 unspecified atom stereocenters. The summed E-state index contributed by atoms with van der Waals surface area (Å²) in [6.45, 7) is -1.59. The molecule has 0 aliphatic carbocycles. The molecule has 0 fully saturated rings. The molecule has 0 spiro atoms. The molecule has 0 saturated carbocycles. The van der Waals surface area contributed by atoms with E-state index >= 15 is 0 Å². The van der Waals surface area contributed by atoms with Crippen molar-refractivity contribution in [1.82, 2.24) is 9.88 Å². The molecule has 0 aliphatic rings. The van der Waals surface area contributed by atoms with E-state index in [-0.39, 0.29) is 5.75 Å². The van der Waals surface area contributed by atoms with Gasteiger partial charge in [0.2, 0.25) is 0 Å². The number of ether oxygens (including phenoxy) is 1. The van der Waals surface area contributed by atoms with Crippen LogP contribution in [0.1, 0.15) is 10.6 Å². The molecule has 0 radical (unpaired) electrons. The summed E-state index contributed by atoms with van der Waals surface area (Å²) in [7, 11) is 1.92. The molecular weight excluding hydrogens is 270 g/mol. The highest BCUT2D eigenvalue weighted by Crippen LogP contribution is 2.22. The topological polar surface area (TPSA) is 25.4 Å². The van der Waals surface area contributed by atoms with Crippen molar-refractivity contribution in [3.05, 3.63) is 46.4 Å². The van der Waals surface area contributed by atoms with Gasteiger partial charge in [-0.15, -0.1) is 11.3 Å². The lowest BCUT2D eigenvalue weighted by Crippen LogP contribution is -2.18. The van der Waals surface area contributed by atoms with Gasteiger partial charge >= 0.3 is 6.61 Å². The summed E-state index contributed by atoms with van der Waals surface area (Å²) in [5, 5.41) is 2.91. The zero-order valence-electron chi connectivity index (χ0n) is 10.4. The van der Waals surface area contributed by atoms with Gasteiger partial charge in [0.1, 0.15) is 10.8 Å². The molecule has 0 saturated heterocycles. The molecule has 1 aromatic heterocycles. The van der Waals surface area contributed by atoms with Crippen molar-refractivity contribution in [2.75, 3.05) is 7.05 Å². The Morgan fingerprint density at radius 2 is 2.11 bits per heavy atom. The summed E-state index contributed by atoms with van der Waals surface area (Å²) in [6, 6.07) is 6.84. The number of nitrogens with zero attached hydrogens (tertiary/aromatic N) is 2. The zero-order chi connectivity index (χ0) is 13.7. The van der Waals surface area contributed by atoms with Crippen LogP contribution in [-0.2, 0) is 13.1 Å². The number of rotatable bonds is 6. The smallest absolute Gasteiger partial charge is 0.387 e. The fourth-order valence-electron chi connectivity index (χ4n) is 1.75. The number of hydrogen-bond acceptors (Lipinski definition) is 4. The van der Waals surface area contributed by atoms with E-state index in [4.69, 9.17) is 0 Å². The lowest BCUT2D eigenvalue weighted by atomic mass is 10.2. The molecule has 19 heavy (non-hydrogen) atoms. The van der Waals surface area contributed by atoms with Crippen LogP contribution in [0.15, 0.2) is 35.8 Å². The molecule has 102 valence electrons. The molecule has 0 bridgehead atoms. The van der Waals surface area contributed by atoms with E-state index in [0.717, 1.165) is 10.6 Å². The summed E-state index contributed by atoms with van der Waals surface area (Å²) in [4.78, 5) is 6.20. The highest BCUT2D eigenvalue weighted by Gasteiger charge is 2.11. The molecule has 0 amide bonds. The first-order valence-electron chi connectivity index (χ1n) is 5.75. The minimum atomic E-state index is -2.80. The number of para-hydroxylation sites is 1. The van der Waals surface area contributed by atoms with Crippen LogP contribution in [-0.4, -0.2) is 23.5 Å². The van der Waals surface area contributed by atoms with E-state index in [2.05, 4.69) is 9.72 Å². The first-order chi connectivity index (χ1) is 9.15. The summed E-state index contributed by atoms with van der Waals surface area (Å²) in [5.74, 6) is 0.225. The van der Waals surface area contributed by atoms with E-state index in [1.54, 1.807) is 35.7 Å². The van der Waals surface area contributed by atoms with Crippen molar-refractivity contribution < 1.29 is 13.5 Å². The Kier molecular flexibility index (Phi) is 4.81. The standard InChI is InChI=1S/C13H14F2N2OS/c1-17(9-12-16-6-7-19-12)8-10-4-2-3-5-11(10)18-13(14)15/h2-7,13H,8-9H2,1H3. The molecule has 1 heterocycles. The lowest BCUT2D eigenvalue weighted by Gasteiger charge is -2.17. The number of thiazole rings is 1. The Morgan fingerprint density at radius 1 is 1.32 bits per heavy atom. The van der Waals surface area contributed by atoms with Crippen LogP contribution in [0.25, 0.3) is 0 Å². The van der Waals surface area contributed by atoms with Gasteiger partial charge in [0.05, 0.1) is 6.54 Å². The van der Waals surface area contributed by atoms with Crippen LogP contribution in [0.4, 0.5) is 8.78 Å². The van der Waals surface area contributed by atoms with E-state index in [9.17, 15) is 8.78 Å². The van der Waals surface area contributed by atoms with Gasteiger partial charge in [-0.05, 0) is 13.1 Å². The van der Waals surface area contributed by atoms with Crippen LogP contribution >= 0.6 is 11.3 Å². The van der Waals surface area contributed by atoms with Crippen molar-refractivity contribution in [2.45, 2.75) is 19.7 Å². The first kappa shape index (κ1) is 13.9. The summed E-state index contributed by atoms with van der Waals surface area (Å²) < 4.78 is 29.1. The summed E-state index contributed by atoms with van der Waals surface area (Å²) in [5.41, 5.74) is 0.738. The fraction of sp³-hybridized carbons (Fsp3) is 0.308. The fourth-order valence-corrected chi connectivity index (χ4v) is 2.45. The molecular formula is C13H14F2N2OS. The number of benzene rings is 1. The van der Waals surface area contributed by atoms with Crippen molar-refractivity contribution >= 4 is 11.3 Å². The Bertz CT molecular complexity index is 505. The minimum Gasteiger partial charge on any atom is -0.434 e. The monoisotopic (exact) mass is 284 g/mol. The number of hydrogen-bond donors (Lipinski definition) is 0. The van der Waals surface area contributed by atoms with E-state index in [1.807, 2.05) is 23.4 Å². The SMILES string of the molecule is CN(Cc1nccs1)Cc1ccccc1OC(F)F. The van der Waals surface area contributed by atoms with Crippen LogP contribution in [0.2, 0.25) is 0 Å². The number of alkyl halides is 2. The van der Waals surface area contributed by atoms with E-state index in [0.29, 0.717) is 13.1 Å². The third-order valence-electron chi connectivity index (χ3n) is 2.52. The molecule has 2 rings (SSSR count). The average molecular weight is 284 g/mol. The Hall–Kier alpha value is -1.53. The van der Waals surface area contributed by atoms with Gasteiger partial charge in [-0.3, -0.25) is 4.90 Å². The maximum atomic E-state index is 12.3. The van der Waals surface area contributed by atoms with Gasteiger partial charge in [-0.25, -0.2) is 4.98 Å². The largest absolute Gasteiger partial charge is 0.434 e. The Labute approximate surface area is 114 Å². The molecule has 0 aliphatic heterocycles. The molecule has 3 nitrogen and oxygen atoms in total. The predicted molar refractivity (Wildman–Crippen MR) is 70.4 cm³/mol. The molecule has 6 heteroatoms. The second-order valence-electron chi connectivity index (χ2n) is 4.08. The third kappa shape index (κ3) is 4.25. The van der Waals surface area contributed by atoms with Gasteiger partial charge in [-0.2, -0.15) is 8.78 Å². The predicted octanol–water partition coefficient (Wildman–Crippen LogP) is 3.38. The van der Waals surface area contributed by atoms with Crippen molar-refractivity contribution in [1.29, 1.82) is 0 Å². The minimum absolute atomic E-state index is 0.225. The quantitative estimate of drug-likeness (QED) is 0.813. The number of aromatic nitrogens is 1. The third-order valence-corrected chi connectivity index (χ3v) is 3.28. The van der Waals surface area contributed by atoms with Crippen molar-refractivity contribution in [2.24, 2.45) is 0 Å². The van der Waals surface area contributed by atoms with Gasteiger partial charge < -0.3 is 4.74 Å². The molecule has 2 aromatic rings. The van der Waals surface area contributed by atoms with Gasteiger partial charge in [-0.1, -0.05) is 18.2 Å². The second kappa shape index (κ2) is 6.58.